The number of hydrogen-bond donors (Lipinski definition) is 1. The average Bonchev–Trinajstić information content (AvgIpc) is 2.40. The van der Waals surface area contributed by atoms with Crippen LogP contribution in [0, 0.1) is 15.9 Å². The summed E-state index contributed by atoms with van der Waals surface area (Å²) in [5, 5.41) is 13.5. The molecule has 0 unspecified atom stereocenters. The summed E-state index contributed by atoms with van der Waals surface area (Å²) in [5.74, 6) is -0.117. The van der Waals surface area contributed by atoms with E-state index in [0.29, 0.717) is 12.4 Å². The van der Waals surface area contributed by atoms with Crippen molar-refractivity contribution in [1.82, 2.24) is 4.98 Å². The summed E-state index contributed by atoms with van der Waals surface area (Å²) >= 11 is 5.65. The molecule has 1 aromatic carbocycles. The second-order valence-corrected chi connectivity index (χ2v) is 4.17. The number of anilines is 1. The Bertz CT molecular complexity index is 622. The largest absolute Gasteiger partial charge is 0.366 e. The van der Waals surface area contributed by atoms with Crippen LogP contribution in [-0.2, 0) is 6.54 Å². The third-order valence-corrected chi connectivity index (χ3v) is 2.70. The maximum atomic E-state index is 13.0. The SMILES string of the molecule is O=[N+]([O-])c1ccnc(NCc2ccc(F)c(Cl)c2)c1. The summed E-state index contributed by atoms with van der Waals surface area (Å²) < 4.78 is 13.0. The molecule has 0 atom stereocenters. The van der Waals surface area contributed by atoms with Crippen LogP contribution >= 0.6 is 11.6 Å². The molecule has 0 bridgehead atoms. The molecule has 0 radical (unpaired) electrons. The van der Waals surface area contributed by atoms with Gasteiger partial charge in [0.2, 0.25) is 0 Å². The molecular formula is C12H9ClFN3O2. The Morgan fingerprint density at radius 2 is 2.16 bits per heavy atom. The van der Waals surface area contributed by atoms with Gasteiger partial charge in [-0.15, -0.1) is 0 Å². The fourth-order valence-electron chi connectivity index (χ4n) is 1.47. The smallest absolute Gasteiger partial charge is 0.274 e. The predicted octanol–water partition coefficient (Wildman–Crippen LogP) is 3.39. The van der Waals surface area contributed by atoms with E-state index >= 15 is 0 Å². The maximum Gasteiger partial charge on any atom is 0.274 e. The Morgan fingerprint density at radius 3 is 2.84 bits per heavy atom. The fourth-order valence-corrected chi connectivity index (χ4v) is 1.67. The highest BCUT2D eigenvalue weighted by atomic mass is 35.5. The van der Waals surface area contributed by atoms with Crippen LogP contribution in [0.5, 0.6) is 0 Å². The van der Waals surface area contributed by atoms with Crippen LogP contribution in [0.25, 0.3) is 0 Å². The van der Waals surface area contributed by atoms with Crippen molar-refractivity contribution in [1.29, 1.82) is 0 Å². The topological polar surface area (TPSA) is 68.1 Å². The summed E-state index contributed by atoms with van der Waals surface area (Å²) in [5.41, 5.74) is 0.703. The summed E-state index contributed by atoms with van der Waals surface area (Å²) in [6.45, 7) is 0.341. The second-order valence-electron chi connectivity index (χ2n) is 3.76. The number of nitrogens with one attached hydrogen (secondary N) is 1. The number of nitro groups is 1. The minimum absolute atomic E-state index is 0.0336. The predicted molar refractivity (Wildman–Crippen MR) is 69.6 cm³/mol. The Morgan fingerprint density at radius 1 is 1.37 bits per heavy atom. The lowest BCUT2D eigenvalue weighted by molar-refractivity contribution is -0.384. The van der Waals surface area contributed by atoms with E-state index in [-0.39, 0.29) is 10.7 Å². The molecule has 0 amide bonds. The van der Waals surface area contributed by atoms with Gasteiger partial charge in [-0.2, -0.15) is 0 Å². The molecule has 19 heavy (non-hydrogen) atoms. The summed E-state index contributed by atoms with van der Waals surface area (Å²) in [4.78, 5) is 14.1. The van der Waals surface area contributed by atoms with E-state index in [2.05, 4.69) is 10.3 Å². The van der Waals surface area contributed by atoms with Crippen molar-refractivity contribution in [3.63, 3.8) is 0 Å². The standard InChI is InChI=1S/C12H9ClFN3O2/c13-10-5-8(1-2-11(10)14)7-16-12-6-9(17(18)19)3-4-15-12/h1-6H,7H2,(H,15,16). The van der Waals surface area contributed by atoms with Crippen LogP contribution in [-0.4, -0.2) is 9.91 Å². The molecule has 1 heterocycles. The van der Waals surface area contributed by atoms with Gasteiger partial charge in [-0.1, -0.05) is 17.7 Å². The van der Waals surface area contributed by atoms with Gasteiger partial charge in [0.15, 0.2) is 0 Å². The zero-order chi connectivity index (χ0) is 13.8. The van der Waals surface area contributed by atoms with Gasteiger partial charge in [-0.3, -0.25) is 10.1 Å². The molecule has 2 rings (SSSR count). The van der Waals surface area contributed by atoms with E-state index < -0.39 is 10.7 Å². The molecule has 0 aliphatic carbocycles. The minimum atomic E-state index is -0.498. The number of pyridine rings is 1. The third kappa shape index (κ3) is 3.38. The van der Waals surface area contributed by atoms with Gasteiger partial charge in [0.1, 0.15) is 11.6 Å². The lowest BCUT2D eigenvalue weighted by Gasteiger charge is -2.06. The van der Waals surface area contributed by atoms with Crippen molar-refractivity contribution in [2.75, 3.05) is 5.32 Å². The van der Waals surface area contributed by atoms with Gasteiger partial charge < -0.3 is 5.32 Å². The van der Waals surface area contributed by atoms with E-state index in [1.807, 2.05) is 0 Å². The van der Waals surface area contributed by atoms with Gasteiger partial charge in [0.05, 0.1) is 16.0 Å². The Balaban J connectivity index is 2.07. The number of hydrogen-bond acceptors (Lipinski definition) is 4. The molecule has 0 spiro atoms. The van der Waals surface area contributed by atoms with Crippen molar-refractivity contribution in [2.24, 2.45) is 0 Å². The zero-order valence-corrected chi connectivity index (χ0v) is 10.4. The van der Waals surface area contributed by atoms with Crippen LogP contribution in [0.3, 0.4) is 0 Å². The van der Waals surface area contributed by atoms with E-state index in [1.165, 1.54) is 30.5 Å². The average molecular weight is 282 g/mol. The van der Waals surface area contributed by atoms with Crippen molar-refractivity contribution >= 4 is 23.1 Å². The Labute approximate surface area is 113 Å². The van der Waals surface area contributed by atoms with Crippen molar-refractivity contribution < 1.29 is 9.31 Å². The van der Waals surface area contributed by atoms with Gasteiger partial charge in [-0.25, -0.2) is 9.37 Å². The van der Waals surface area contributed by atoms with Gasteiger partial charge in [0.25, 0.3) is 5.69 Å². The first kappa shape index (κ1) is 13.2. The molecule has 0 aliphatic rings. The van der Waals surface area contributed by atoms with Crippen LogP contribution in [0.1, 0.15) is 5.56 Å². The highest BCUT2D eigenvalue weighted by Crippen LogP contribution is 2.18. The van der Waals surface area contributed by atoms with Gasteiger partial charge in [0, 0.05) is 18.8 Å². The van der Waals surface area contributed by atoms with Crippen molar-refractivity contribution in [3.05, 3.63) is 63.0 Å². The minimum Gasteiger partial charge on any atom is -0.366 e. The summed E-state index contributed by atoms with van der Waals surface area (Å²) in [7, 11) is 0. The normalized spacial score (nSPS) is 10.2. The second kappa shape index (κ2) is 5.62. The molecule has 7 heteroatoms. The molecule has 0 aliphatic heterocycles. The van der Waals surface area contributed by atoms with E-state index in [4.69, 9.17) is 11.6 Å². The molecule has 0 fully saturated rings. The van der Waals surface area contributed by atoms with Crippen molar-refractivity contribution in [2.45, 2.75) is 6.54 Å². The first-order valence-electron chi connectivity index (χ1n) is 5.34. The quantitative estimate of drug-likeness (QED) is 0.689. The van der Waals surface area contributed by atoms with E-state index in [9.17, 15) is 14.5 Å². The molecule has 0 saturated carbocycles. The monoisotopic (exact) mass is 281 g/mol. The molecule has 1 aromatic heterocycles. The number of benzene rings is 1. The third-order valence-electron chi connectivity index (χ3n) is 2.41. The number of halogens is 2. The van der Waals surface area contributed by atoms with Crippen LogP contribution in [0.15, 0.2) is 36.5 Å². The molecule has 0 saturated heterocycles. The van der Waals surface area contributed by atoms with Gasteiger partial charge in [-0.05, 0) is 17.7 Å². The Hall–Kier alpha value is -2.21. The zero-order valence-electron chi connectivity index (χ0n) is 9.64. The first-order valence-corrected chi connectivity index (χ1v) is 5.72. The molecule has 2 aromatic rings. The van der Waals surface area contributed by atoms with Crippen LogP contribution in [0.2, 0.25) is 5.02 Å². The van der Waals surface area contributed by atoms with E-state index in [0.717, 1.165) is 5.56 Å². The lowest BCUT2D eigenvalue weighted by atomic mass is 10.2. The molecule has 1 N–H and O–H groups in total. The lowest BCUT2D eigenvalue weighted by Crippen LogP contribution is -2.02. The number of rotatable bonds is 4. The first-order chi connectivity index (χ1) is 9.06. The fraction of sp³-hybridized carbons (Fsp3) is 0.0833. The maximum absolute atomic E-state index is 13.0. The summed E-state index contributed by atoms with van der Waals surface area (Å²) in [6.07, 6.45) is 1.35. The molecule has 98 valence electrons. The number of nitrogens with zero attached hydrogens (tertiary/aromatic N) is 2. The van der Waals surface area contributed by atoms with Crippen LogP contribution < -0.4 is 5.32 Å². The molecular weight excluding hydrogens is 273 g/mol. The highest BCUT2D eigenvalue weighted by molar-refractivity contribution is 6.30. The van der Waals surface area contributed by atoms with Crippen molar-refractivity contribution in [3.8, 4) is 0 Å². The van der Waals surface area contributed by atoms with E-state index in [1.54, 1.807) is 6.07 Å². The Kier molecular flexibility index (Phi) is 3.91. The summed E-state index contributed by atoms with van der Waals surface area (Å²) in [6, 6.07) is 6.96. The number of aromatic nitrogens is 1. The molecule has 5 nitrogen and oxygen atoms in total. The van der Waals surface area contributed by atoms with Crippen LogP contribution in [0.4, 0.5) is 15.9 Å². The van der Waals surface area contributed by atoms with Gasteiger partial charge >= 0.3 is 0 Å². The highest BCUT2D eigenvalue weighted by Gasteiger charge is 2.07.